The molecule has 0 aromatic carbocycles. The average Bonchev–Trinajstić information content (AvgIpc) is 2.22. The van der Waals surface area contributed by atoms with Gasteiger partial charge in [-0.25, -0.2) is 0 Å². The molecule has 17 heavy (non-hydrogen) atoms. The van der Waals surface area contributed by atoms with Crippen molar-refractivity contribution in [2.45, 2.75) is 93.4 Å². The van der Waals surface area contributed by atoms with Gasteiger partial charge in [-0.1, -0.05) is 87.0 Å². The summed E-state index contributed by atoms with van der Waals surface area (Å²) in [7, 11) is 0. The Hall–Kier alpha value is 0. The summed E-state index contributed by atoms with van der Waals surface area (Å²) in [5.41, 5.74) is 0.785. The lowest BCUT2D eigenvalue weighted by Crippen LogP contribution is -2.36. The van der Waals surface area contributed by atoms with Gasteiger partial charge in [-0.2, -0.15) is 0 Å². The van der Waals surface area contributed by atoms with Gasteiger partial charge in [-0.15, -0.1) is 0 Å². The zero-order chi connectivity index (χ0) is 13.5. The summed E-state index contributed by atoms with van der Waals surface area (Å²) in [6, 6.07) is 0. The first-order valence-electron chi connectivity index (χ1n) is 7.56. The minimum absolute atomic E-state index is 0.358. The van der Waals surface area contributed by atoms with E-state index in [1.165, 1.54) is 44.9 Å². The fourth-order valence-corrected chi connectivity index (χ4v) is 2.34. The molecule has 1 radical (unpaired) electrons. The molecule has 0 aromatic rings. The molecule has 0 heteroatoms. The van der Waals surface area contributed by atoms with Crippen molar-refractivity contribution < 1.29 is 0 Å². The summed E-state index contributed by atoms with van der Waals surface area (Å²) in [6.45, 7) is 16.5. The molecule has 0 amide bonds. The van der Waals surface area contributed by atoms with Crippen LogP contribution in [0.2, 0.25) is 0 Å². The maximum absolute atomic E-state index is 2.44. The predicted molar refractivity (Wildman–Crippen MR) is 80.1 cm³/mol. The Morgan fingerprint density at radius 3 is 1.71 bits per heavy atom. The minimum Gasteiger partial charge on any atom is -0.0654 e. The first-order chi connectivity index (χ1) is 7.75. The largest absolute Gasteiger partial charge is 0.0654 e. The van der Waals surface area contributed by atoms with Gasteiger partial charge in [0, 0.05) is 0 Å². The van der Waals surface area contributed by atoms with Gasteiger partial charge in [0.05, 0.1) is 0 Å². The molecule has 0 atom stereocenters. The lowest BCUT2D eigenvalue weighted by Gasteiger charge is -2.45. The quantitative estimate of drug-likeness (QED) is 0.408. The standard InChI is InChI=1S/C17H35/c1-8-9-10-11-12-13-14-16(4,5)17(6,7)15(2)3/h8-14H2,1-7H3. The van der Waals surface area contributed by atoms with E-state index in [1.54, 1.807) is 5.92 Å². The van der Waals surface area contributed by atoms with Gasteiger partial charge in [0.25, 0.3) is 0 Å². The van der Waals surface area contributed by atoms with Crippen LogP contribution in [0.15, 0.2) is 0 Å². The second kappa shape index (κ2) is 7.44. The molecule has 0 bridgehead atoms. The van der Waals surface area contributed by atoms with Gasteiger partial charge in [0.2, 0.25) is 0 Å². The molecule has 103 valence electrons. The van der Waals surface area contributed by atoms with Gasteiger partial charge < -0.3 is 0 Å². The molecule has 0 nitrogen and oxygen atoms in total. The van der Waals surface area contributed by atoms with Gasteiger partial charge in [0.15, 0.2) is 0 Å². The fourth-order valence-electron chi connectivity index (χ4n) is 2.34. The summed E-state index contributed by atoms with van der Waals surface area (Å²) in [4.78, 5) is 0. The third kappa shape index (κ3) is 5.44. The van der Waals surface area contributed by atoms with Crippen LogP contribution in [0, 0.1) is 16.7 Å². The Labute approximate surface area is 111 Å². The van der Waals surface area contributed by atoms with E-state index in [0.717, 1.165) is 0 Å². The molecule has 0 heterocycles. The fraction of sp³-hybridized carbons (Fsp3) is 0.941. The summed E-state index contributed by atoms with van der Waals surface area (Å²) in [6.07, 6.45) is 9.80. The molecular weight excluding hydrogens is 204 g/mol. The topological polar surface area (TPSA) is 0 Å². The Bertz CT molecular complexity index is 186. The average molecular weight is 239 g/mol. The number of unbranched alkanes of at least 4 members (excludes halogenated alkanes) is 5. The van der Waals surface area contributed by atoms with E-state index in [9.17, 15) is 0 Å². The van der Waals surface area contributed by atoms with Crippen molar-refractivity contribution in [2.75, 3.05) is 0 Å². The summed E-state index contributed by atoms with van der Waals surface area (Å²) >= 11 is 0. The van der Waals surface area contributed by atoms with Crippen LogP contribution in [0.25, 0.3) is 0 Å². The SMILES string of the molecule is CCCCCCCCC(C)(C)C(C)(C)[C](C)C. The molecule has 0 aliphatic rings. The Balaban J connectivity index is 3.93. The van der Waals surface area contributed by atoms with Crippen LogP contribution in [0.5, 0.6) is 0 Å². The zero-order valence-electron chi connectivity index (χ0n) is 13.4. The van der Waals surface area contributed by atoms with Gasteiger partial charge in [-0.3, -0.25) is 0 Å². The van der Waals surface area contributed by atoms with Crippen LogP contribution in [-0.2, 0) is 0 Å². The third-order valence-electron chi connectivity index (χ3n) is 5.10. The maximum Gasteiger partial charge on any atom is -0.0241 e. The van der Waals surface area contributed by atoms with Gasteiger partial charge in [0.1, 0.15) is 0 Å². The van der Waals surface area contributed by atoms with Crippen LogP contribution < -0.4 is 0 Å². The van der Waals surface area contributed by atoms with E-state index in [2.05, 4.69) is 48.5 Å². The van der Waals surface area contributed by atoms with Crippen molar-refractivity contribution in [2.24, 2.45) is 10.8 Å². The minimum atomic E-state index is 0.358. The van der Waals surface area contributed by atoms with E-state index in [-0.39, 0.29) is 0 Å². The zero-order valence-corrected chi connectivity index (χ0v) is 13.4. The summed E-state index contributed by atoms with van der Waals surface area (Å²) in [5, 5.41) is 0. The smallest absolute Gasteiger partial charge is 0.0241 e. The molecular formula is C17H35. The highest BCUT2D eigenvalue weighted by Crippen LogP contribution is 2.48. The first kappa shape index (κ1) is 17.0. The molecule has 0 aliphatic heterocycles. The normalized spacial score (nSPS) is 13.4. The monoisotopic (exact) mass is 239 g/mol. The molecule has 0 unspecified atom stereocenters. The van der Waals surface area contributed by atoms with Crippen molar-refractivity contribution in [3.63, 3.8) is 0 Å². The molecule has 0 fully saturated rings. The Morgan fingerprint density at radius 1 is 0.765 bits per heavy atom. The van der Waals surface area contributed by atoms with E-state index >= 15 is 0 Å². The van der Waals surface area contributed by atoms with Crippen molar-refractivity contribution in [1.82, 2.24) is 0 Å². The number of hydrogen-bond donors (Lipinski definition) is 0. The highest BCUT2D eigenvalue weighted by Gasteiger charge is 2.38. The lowest BCUT2D eigenvalue weighted by atomic mass is 9.60. The van der Waals surface area contributed by atoms with Crippen LogP contribution in [-0.4, -0.2) is 0 Å². The van der Waals surface area contributed by atoms with E-state index < -0.39 is 0 Å². The number of rotatable bonds is 9. The van der Waals surface area contributed by atoms with E-state index in [4.69, 9.17) is 0 Å². The number of hydrogen-bond acceptors (Lipinski definition) is 0. The highest BCUT2D eigenvalue weighted by molar-refractivity contribution is 5.02. The summed E-state index contributed by atoms with van der Waals surface area (Å²) in [5.74, 6) is 1.56. The molecule has 0 N–H and O–H groups in total. The van der Waals surface area contributed by atoms with Crippen molar-refractivity contribution >= 4 is 0 Å². The molecule has 0 saturated carbocycles. The van der Waals surface area contributed by atoms with Crippen molar-refractivity contribution in [3.8, 4) is 0 Å². The van der Waals surface area contributed by atoms with E-state index in [0.29, 0.717) is 10.8 Å². The van der Waals surface area contributed by atoms with Crippen LogP contribution >= 0.6 is 0 Å². The Kier molecular flexibility index (Phi) is 7.44. The second-order valence-corrected chi connectivity index (χ2v) is 7.03. The highest BCUT2D eigenvalue weighted by atomic mass is 14.4. The third-order valence-corrected chi connectivity index (χ3v) is 5.10. The molecule has 0 rings (SSSR count). The van der Waals surface area contributed by atoms with Gasteiger partial charge in [-0.05, 0) is 23.2 Å². The van der Waals surface area contributed by atoms with Crippen molar-refractivity contribution in [3.05, 3.63) is 5.92 Å². The molecule has 0 spiro atoms. The van der Waals surface area contributed by atoms with E-state index in [1.807, 2.05) is 0 Å². The Morgan fingerprint density at radius 2 is 1.24 bits per heavy atom. The molecule has 0 aliphatic carbocycles. The predicted octanol–water partition coefficient (Wildman–Crippen LogP) is 6.40. The van der Waals surface area contributed by atoms with Crippen molar-refractivity contribution in [1.29, 1.82) is 0 Å². The molecule has 0 saturated heterocycles. The lowest BCUT2D eigenvalue weighted by molar-refractivity contribution is 0.111. The second-order valence-electron chi connectivity index (χ2n) is 7.03. The summed E-state index contributed by atoms with van der Waals surface area (Å²) < 4.78 is 0. The van der Waals surface area contributed by atoms with Crippen LogP contribution in [0.4, 0.5) is 0 Å². The maximum atomic E-state index is 2.44. The first-order valence-corrected chi connectivity index (χ1v) is 7.56. The molecule has 0 aromatic heterocycles. The van der Waals surface area contributed by atoms with Crippen LogP contribution in [0.1, 0.15) is 93.4 Å². The van der Waals surface area contributed by atoms with Gasteiger partial charge >= 0.3 is 0 Å². The van der Waals surface area contributed by atoms with Crippen LogP contribution in [0.3, 0.4) is 0 Å².